The third-order valence-electron chi connectivity index (χ3n) is 3.70. The van der Waals surface area contributed by atoms with E-state index in [0.717, 1.165) is 5.56 Å². The lowest BCUT2D eigenvalue weighted by molar-refractivity contribution is -0.111. The van der Waals surface area contributed by atoms with Gasteiger partial charge in [0.25, 0.3) is 0 Å². The Kier molecular flexibility index (Phi) is 6.06. The number of benzene rings is 2. The van der Waals surface area contributed by atoms with Gasteiger partial charge in [-0.2, -0.15) is 8.78 Å². The third kappa shape index (κ3) is 4.89. The maximum atomic E-state index is 12.5. The summed E-state index contributed by atoms with van der Waals surface area (Å²) in [6.45, 7) is 0.465. The molecule has 0 atom stereocenters. The number of carbonyl (C=O) groups excluding carboxylic acids is 1. The molecular weight excluding hydrogens is 344 g/mol. The zero-order chi connectivity index (χ0) is 19.3. The van der Waals surface area contributed by atoms with Crippen LogP contribution < -0.4 is 10.1 Å². The van der Waals surface area contributed by atoms with E-state index in [-0.39, 0.29) is 17.0 Å². The van der Waals surface area contributed by atoms with E-state index in [0.29, 0.717) is 11.1 Å². The summed E-state index contributed by atoms with van der Waals surface area (Å²) in [7, 11) is 0. The van der Waals surface area contributed by atoms with Gasteiger partial charge in [0.05, 0.1) is 11.3 Å². The predicted molar refractivity (Wildman–Crippen MR) is 93.6 cm³/mol. The first-order chi connectivity index (χ1) is 12.3. The zero-order valence-electron chi connectivity index (χ0n) is 14.1. The standard InChI is InChI=1S/C19H17F2NO4/c1-11-9-13(10-16(12(11)2)26-19(20)21)7-8-17(23)22-15-6-4-3-5-14(15)18(24)25/h3-10,19H,1-2H3,(H,22,23)(H,24,25)/b8-7+. The minimum atomic E-state index is -2.94. The van der Waals surface area contributed by atoms with Crippen molar-refractivity contribution in [1.29, 1.82) is 0 Å². The van der Waals surface area contributed by atoms with E-state index < -0.39 is 18.5 Å². The number of hydrogen-bond donors (Lipinski definition) is 2. The average Bonchev–Trinajstić information content (AvgIpc) is 2.57. The normalized spacial score (nSPS) is 11.0. The molecule has 0 aliphatic heterocycles. The highest BCUT2D eigenvalue weighted by atomic mass is 19.3. The molecule has 5 nitrogen and oxygen atoms in total. The van der Waals surface area contributed by atoms with Crippen LogP contribution in [0.3, 0.4) is 0 Å². The zero-order valence-corrected chi connectivity index (χ0v) is 14.1. The molecule has 2 aromatic rings. The van der Waals surface area contributed by atoms with E-state index in [1.807, 2.05) is 0 Å². The molecule has 0 unspecified atom stereocenters. The van der Waals surface area contributed by atoms with Crippen LogP contribution in [0.25, 0.3) is 6.08 Å². The van der Waals surface area contributed by atoms with Gasteiger partial charge in [0, 0.05) is 6.08 Å². The number of aromatic carboxylic acids is 1. The van der Waals surface area contributed by atoms with Gasteiger partial charge in [0.2, 0.25) is 5.91 Å². The lowest BCUT2D eigenvalue weighted by Gasteiger charge is -2.11. The smallest absolute Gasteiger partial charge is 0.387 e. The van der Waals surface area contributed by atoms with Gasteiger partial charge in [-0.3, -0.25) is 4.79 Å². The second-order valence-electron chi connectivity index (χ2n) is 5.51. The Hall–Kier alpha value is -3.22. The topological polar surface area (TPSA) is 75.6 Å². The lowest BCUT2D eigenvalue weighted by Crippen LogP contribution is -2.11. The second-order valence-corrected chi connectivity index (χ2v) is 5.51. The molecule has 0 aliphatic carbocycles. The first-order valence-corrected chi connectivity index (χ1v) is 7.65. The Morgan fingerprint density at radius 1 is 1.19 bits per heavy atom. The minimum Gasteiger partial charge on any atom is -0.478 e. The predicted octanol–water partition coefficient (Wildman–Crippen LogP) is 4.25. The summed E-state index contributed by atoms with van der Waals surface area (Å²) in [5, 5.41) is 11.6. The van der Waals surface area contributed by atoms with Gasteiger partial charge in [-0.05, 0) is 54.8 Å². The molecule has 1 amide bonds. The highest BCUT2D eigenvalue weighted by molar-refractivity contribution is 6.06. The van der Waals surface area contributed by atoms with Crippen molar-refractivity contribution in [3.05, 3.63) is 64.7 Å². The fraction of sp³-hybridized carbons (Fsp3) is 0.158. The fourth-order valence-electron chi connectivity index (χ4n) is 2.29. The Balaban J connectivity index is 2.18. The van der Waals surface area contributed by atoms with Crippen molar-refractivity contribution in [2.24, 2.45) is 0 Å². The molecule has 2 rings (SSSR count). The van der Waals surface area contributed by atoms with Crippen molar-refractivity contribution in [1.82, 2.24) is 0 Å². The number of nitrogens with one attached hydrogen (secondary N) is 1. The quantitative estimate of drug-likeness (QED) is 0.754. The molecule has 0 bridgehead atoms. The number of para-hydroxylation sites is 1. The van der Waals surface area contributed by atoms with Crippen LogP contribution in [-0.2, 0) is 4.79 Å². The lowest BCUT2D eigenvalue weighted by atomic mass is 10.0. The van der Waals surface area contributed by atoms with Gasteiger partial charge in [0.15, 0.2) is 0 Å². The number of carbonyl (C=O) groups is 2. The maximum absolute atomic E-state index is 12.5. The number of aryl methyl sites for hydroxylation is 1. The highest BCUT2D eigenvalue weighted by Crippen LogP contribution is 2.26. The van der Waals surface area contributed by atoms with Gasteiger partial charge < -0.3 is 15.2 Å². The summed E-state index contributed by atoms with van der Waals surface area (Å²) in [4.78, 5) is 23.2. The van der Waals surface area contributed by atoms with E-state index in [1.54, 1.807) is 32.0 Å². The summed E-state index contributed by atoms with van der Waals surface area (Å²) in [5.41, 5.74) is 1.96. The van der Waals surface area contributed by atoms with Gasteiger partial charge in [-0.15, -0.1) is 0 Å². The van der Waals surface area contributed by atoms with E-state index in [9.17, 15) is 18.4 Å². The van der Waals surface area contributed by atoms with E-state index in [2.05, 4.69) is 10.1 Å². The molecule has 7 heteroatoms. The summed E-state index contributed by atoms with van der Waals surface area (Å²) in [6, 6.07) is 9.13. The SMILES string of the molecule is Cc1cc(/C=C/C(=O)Nc2ccccc2C(=O)O)cc(OC(F)F)c1C. The van der Waals surface area contributed by atoms with Crippen LogP contribution in [0.1, 0.15) is 27.0 Å². The summed E-state index contributed by atoms with van der Waals surface area (Å²) in [6.07, 6.45) is 2.62. The number of ether oxygens (including phenoxy) is 1. The Labute approximate surface area is 148 Å². The Morgan fingerprint density at radius 2 is 1.88 bits per heavy atom. The van der Waals surface area contributed by atoms with Gasteiger partial charge in [0.1, 0.15) is 5.75 Å². The summed E-state index contributed by atoms with van der Waals surface area (Å²) >= 11 is 0. The van der Waals surface area contributed by atoms with Crippen molar-refractivity contribution in [2.75, 3.05) is 5.32 Å². The molecule has 0 heterocycles. The van der Waals surface area contributed by atoms with Crippen LogP contribution in [-0.4, -0.2) is 23.6 Å². The molecule has 0 aliphatic rings. The number of alkyl halides is 2. The first kappa shape index (κ1) is 19.1. The number of rotatable bonds is 6. The Morgan fingerprint density at radius 3 is 2.54 bits per heavy atom. The second kappa shape index (κ2) is 8.24. The highest BCUT2D eigenvalue weighted by Gasteiger charge is 2.11. The Bertz CT molecular complexity index is 863. The molecule has 26 heavy (non-hydrogen) atoms. The summed E-state index contributed by atoms with van der Waals surface area (Å²) < 4.78 is 29.4. The van der Waals surface area contributed by atoms with Crippen LogP contribution in [0.15, 0.2) is 42.5 Å². The van der Waals surface area contributed by atoms with Crippen molar-refractivity contribution in [3.63, 3.8) is 0 Å². The fourth-order valence-corrected chi connectivity index (χ4v) is 2.29. The molecular formula is C19H17F2NO4. The molecule has 136 valence electrons. The van der Waals surface area contributed by atoms with Crippen LogP contribution in [0, 0.1) is 13.8 Å². The van der Waals surface area contributed by atoms with Crippen molar-refractivity contribution < 1.29 is 28.2 Å². The van der Waals surface area contributed by atoms with Crippen LogP contribution in [0.4, 0.5) is 14.5 Å². The monoisotopic (exact) mass is 361 g/mol. The minimum absolute atomic E-state index is 0.0342. The van der Waals surface area contributed by atoms with E-state index in [4.69, 9.17) is 5.11 Å². The number of hydrogen-bond acceptors (Lipinski definition) is 3. The molecule has 2 aromatic carbocycles. The molecule has 2 N–H and O–H groups in total. The third-order valence-corrected chi connectivity index (χ3v) is 3.70. The average molecular weight is 361 g/mol. The number of amides is 1. The molecule has 0 aromatic heterocycles. The largest absolute Gasteiger partial charge is 0.478 e. The maximum Gasteiger partial charge on any atom is 0.387 e. The van der Waals surface area contributed by atoms with Gasteiger partial charge in [-0.1, -0.05) is 18.2 Å². The van der Waals surface area contributed by atoms with Crippen LogP contribution in [0.5, 0.6) is 5.75 Å². The van der Waals surface area contributed by atoms with Crippen LogP contribution in [0.2, 0.25) is 0 Å². The molecule has 0 saturated heterocycles. The number of carboxylic acid groups (broad SMARTS) is 1. The molecule has 0 saturated carbocycles. The van der Waals surface area contributed by atoms with E-state index >= 15 is 0 Å². The number of halogens is 2. The van der Waals surface area contributed by atoms with E-state index in [1.165, 1.54) is 30.4 Å². The molecule has 0 spiro atoms. The molecule has 0 radical (unpaired) electrons. The van der Waals surface area contributed by atoms with Gasteiger partial charge >= 0.3 is 12.6 Å². The number of carboxylic acids is 1. The van der Waals surface area contributed by atoms with Crippen molar-refractivity contribution in [2.45, 2.75) is 20.5 Å². The van der Waals surface area contributed by atoms with Crippen LogP contribution >= 0.6 is 0 Å². The summed E-state index contributed by atoms with van der Waals surface area (Å²) in [5.74, 6) is -1.67. The molecule has 0 fully saturated rings. The van der Waals surface area contributed by atoms with Crippen molar-refractivity contribution in [3.8, 4) is 5.75 Å². The van der Waals surface area contributed by atoms with Crippen molar-refractivity contribution >= 4 is 23.6 Å². The number of anilines is 1. The van der Waals surface area contributed by atoms with Gasteiger partial charge in [-0.25, -0.2) is 4.79 Å². The first-order valence-electron chi connectivity index (χ1n) is 7.65.